The quantitative estimate of drug-likeness (QED) is 0.460. The molecule has 0 fully saturated rings. The molecule has 4 aromatic rings. The zero-order chi connectivity index (χ0) is 20.2. The highest BCUT2D eigenvalue weighted by atomic mass is 32.1. The number of fused-ring (bicyclic) bond motifs is 1. The molecule has 0 aliphatic heterocycles. The summed E-state index contributed by atoms with van der Waals surface area (Å²) in [6.07, 6.45) is 6.94. The molecular formula is C22H16FN3O2S. The predicted molar refractivity (Wildman–Crippen MR) is 113 cm³/mol. The van der Waals surface area contributed by atoms with Gasteiger partial charge >= 0.3 is 0 Å². The molecule has 0 spiro atoms. The second-order valence-corrected chi connectivity index (χ2v) is 7.14. The first-order valence-electron chi connectivity index (χ1n) is 8.81. The van der Waals surface area contributed by atoms with Gasteiger partial charge in [0, 0.05) is 0 Å². The minimum absolute atomic E-state index is 0.217. The van der Waals surface area contributed by atoms with E-state index >= 15 is 0 Å². The number of halogens is 1. The maximum absolute atomic E-state index is 13.0. The molecule has 4 rings (SSSR count). The van der Waals surface area contributed by atoms with E-state index in [1.54, 1.807) is 36.4 Å². The van der Waals surface area contributed by atoms with Crippen molar-refractivity contribution in [1.29, 1.82) is 0 Å². The Labute approximate surface area is 169 Å². The summed E-state index contributed by atoms with van der Waals surface area (Å²) in [6.45, 7) is 4.06. The van der Waals surface area contributed by atoms with Crippen molar-refractivity contribution in [3.8, 4) is 5.75 Å². The maximum atomic E-state index is 13.0. The van der Waals surface area contributed by atoms with Crippen LogP contribution >= 0.6 is 11.3 Å². The number of hydrogen-bond acceptors (Lipinski definition) is 5. The highest BCUT2D eigenvalue weighted by Gasteiger charge is 2.08. The van der Waals surface area contributed by atoms with Crippen LogP contribution in [0, 0.1) is 5.82 Å². The van der Waals surface area contributed by atoms with E-state index in [1.165, 1.54) is 28.0 Å². The molecule has 0 atom stereocenters. The van der Waals surface area contributed by atoms with Crippen molar-refractivity contribution in [2.24, 2.45) is 0 Å². The molecule has 0 amide bonds. The van der Waals surface area contributed by atoms with Gasteiger partial charge in [-0.15, -0.1) is 5.10 Å². The third-order valence-corrected chi connectivity index (χ3v) is 5.00. The second-order valence-electron chi connectivity index (χ2n) is 6.13. The Bertz CT molecular complexity index is 1290. The molecule has 0 aliphatic carbocycles. The lowest BCUT2D eigenvalue weighted by Crippen LogP contribution is -2.23. The van der Waals surface area contributed by atoms with Crippen LogP contribution in [-0.2, 0) is 0 Å². The Kier molecular flexibility index (Phi) is 5.31. The maximum Gasteiger partial charge on any atom is 0.291 e. The lowest BCUT2D eigenvalue weighted by atomic mass is 10.2. The highest BCUT2D eigenvalue weighted by molar-refractivity contribution is 7.15. The monoisotopic (exact) mass is 405 g/mol. The van der Waals surface area contributed by atoms with E-state index in [9.17, 15) is 9.18 Å². The molecule has 0 saturated carbocycles. The summed E-state index contributed by atoms with van der Waals surface area (Å²) >= 11 is 1.27. The molecule has 7 heteroatoms. The lowest BCUT2D eigenvalue weighted by molar-refractivity contribution is 0.363. The van der Waals surface area contributed by atoms with Crippen LogP contribution in [0.5, 0.6) is 5.75 Å². The van der Waals surface area contributed by atoms with Crippen molar-refractivity contribution >= 4 is 34.5 Å². The number of hydrogen-bond donors (Lipinski definition) is 0. The first-order valence-corrected chi connectivity index (χ1v) is 9.63. The molecule has 2 aromatic heterocycles. The van der Waals surface area contributed by atoms with E-state index < -0.39 is 0 Å². The summed E-state index contributed by atoms with van der Waals surface area (Å²) in [7, 11) is 0. The minimum atomic E-state index is -0.290. The zero-order valence-electron chi connectivity index (χ0n) is 15.3. The molecular weight excluding hydrogens is 389 g/mol. The van der Waals surface area contributed by atoms with Crippen LogP contribution < -0.4 is 14.8 Å². The van der Waals surface area contributed by atoms with Crippen LogP contribution in [0.1, 0.15) is 17.0 Å². The van der Waals surface area contributed by atoms with Crippen LogP contribution in [0.25, 0.3) is 23.2 Å². The fourth-order valence-electron chi connectivity index (χ4n) is 2.63. The minimum Gasteiger partial charge on any atom is -0.490 e. The van der Waals surface area contributed by atoms with Gasteiger partial charge < -0.3 is 4.74 Å². The third kappa shape index (κ3) is 4.30. The SMILES string of the molecule is C=CCOc1ccc(/C=c2/sc3nc(/C=C/c4ccc(F)cc4)nn3c2=O)cc1. The molecule has 144 valence electrons. The Morgan fingerprint density at radius 2 is 1.79 bits per heavy atom. The van der Waals surface area contributed by atoms with Gasteiger partial charge in [0.2, 0.25) is 4.96 Å². The summed E-state index contributed by atoms with van der Waals surface area (Å²) < 4.78 is 20.3. The van der Waals surface area contributed by atoms with Crippen molar-refractivity contribution in [2.75, 3.05) is 6.61 Å². The van der Waals surface area contributed by atoms with E-state index in [1.807, 2.05) is 24.3 Å². The Morgan fingerprint density at radius 1 is 1.07 bits per heavy atom. The van der Waals surface area contributed by atoms with Crippen LogP contribution in [0.15, 0.2) is 66.0 Å². The van der Waals surface area contributed by atoms with Gasteiger partial charge in [-0.3, -0.25) is 4.79 Å². The molecule has 2 aromatic carbocycles. The largest absolute Gasteiger partial charge is 0.490 e. The number of ether oxygens (including phenoxy) is 1. The number of nitrogens with zero attached hydrogens (tertiary/aromatic N) is 3. The Hall–Kier alpha value is -3.58. The van der Waals surface area contributed by atoms with Crippen LogP contribution in [0.3, 0.4) is 0 Å². The first kappa shape index (κ1) is 18.8. The fraction of sp³-hybridized carbons (Fsp3) is 0.0455. The average molecular weight is 405 g/mol. The fourth-order valence-corrected chi connectivity index (χ4v) is 3.55. The van der Waals surface area contributed by atoms with E-state index in [-0.39, 0.29) is 11.4 Å². The van der Waals surface area contributed by atoms with Crippen molar-refractivity contribution in [3.05, 3.63) is 98.8 Å². The van der Waals surface area contributed by atoms with Gasteiger partial charge in [-0.1, -0.05) is 54.3 Å². The standard InChI is InChI=1S/C22H16FN3O2S/c1-2-13-28-18-10-5-16(6-11-18)14-19-21(27)26-22(29-19)24-20(25-26)12-7-15-3-8-17(23)9-4-15/h2-12,14H,1,13H2/b12-7+,19-14+. The van der Waals surface area contributed by atoms with Crippen LogP contribution in [0.2, 0.25) is 0 Å². The molecule has 29 heavy (non-hydrogen) atoms. The van der Waals surface area contributed by atoms with Gasteiger partial charge in [0.1, 0.15) is 18.2 Å². The number of thiazole rings is 1. The number of rotatable bonds is 6. The topological polar surface area (TPSA) is 56.5 Å². The predicted octanol–water partition coefficient (Wildman–Crippen LogP) is 3.57. The first-order chi connectivity index (χ1) is 14.1. The molecule has 0 N–H and O–H groups in total. The molecule has 0 bridgehead atoms. The molecule has 0 aliphatic rings. The van der Waals surface area contributed by atoms with Crippen molar-refractivity contribution in [2.45, 2.75) is 0 Å². The van der Waals surface area contributed by atoms with E-state index in [4.69, 9.17) is 4.74 Å². The van der Waals surface area contributed by atoms with Crippen molar-refractivity contribution in [3.63, 3.8) is 0 Å². The van der Waals surface area contributed by atoms with E-state index in [0.717, 1.165) is 16.9 Å². The normalized spacial score (nSPS) is 12.1. The van der Waals surface area contributed by atoms with E-state index in [0.29, 0.717) is 21.9 Å². The van der Waals surface area contributed by atoms with Gasteiger partial charge in [0.15, 0.2) is 5.82 Å². The van der Waals surface area contributed by atoms with E-state index in [2.05, 4.69) is 16.7 Å². The highest BCUT2D eigenvalue weighted by Crippen LogP contribution is 2.13. The number of aromatic nitrogens is 3. The van der Waals surface area contributed by atoms with Crippen molar-refractivity contribution in [1.82, 2.24) is 14.6 Å². The van der Waals surface area contributed by atoms with Gasteiger partial charge in [-0.2, -0.15) is 9.50 Å². The Balaban J connectivity index is 1.58. The third-order valence-electron chi connectivity index (χ3n) is 4.04. The van der Waals surface area contributed by atoms with Crippen LogP contribution in [-0.4, -0.2) is 21.2 Å². The second kappa shape index (κ2) is 8.20. The van der Waals surface area contributed by atoms with Gasteiger partial charge in [-0.25, -0.2) is 4.39 Å². The van der Waals surface area contributed by atoms with Crippen molar-refractivity contribution < 1.29 is 9.13 Å². The molecule has 5 nitrogen and oxygen atoms in total. The van der Waals surface area contributed by atoms with Gasteiger partial charge in [0.05, 0.1) is 4.53 Å². The molecule has 0 unspecified atom stereocenters. The summed E-state index contributed by atoms with van der Waals surface area (Å²) in [6, 6.07) is 13.5. The van der Waals surface area contributed by atoms with Gasteiger partial charge in [-0.05, 0) is 47.5 Å². The summed E-state index contributed by atoms with van der Waals surface area (Å²) in [5, 5.41) is 4.25. The summed E-state index contributed by atoms with van der Waals surface area (Å²) in [5.41, 5.74) is 1.49. The summed E-state index contributed by atoms with van der Waals surface area (Å²) in [5.74, 6) is 0.874. The summed E-state index contributed by atoms with van der Waals surface area (Å²) in [4.78, 5) is 17.5. The average Bonchev–Trinajstić information content (AvgIpc) is 3.26. The van der Waals surface area contributed by atoms with Crippen LogP contribution in [0.4, 0.5) is 4.39 Å². The molecule has 0 radical (unpaired) electrons. The number of benzene rings is 2. The zero-order valence-corrected chi connectivity index (χ0v) is 16.1. The molecule has 0 saturated heterocycles. The smallest absolute Gasteiger partial charge is 0.291 e. The lowest BCUT2D eigenvalue weighted by Gasteiger charge is -2.02. The molecule has 2 heterocycles. The Morgan fingerprint density at radius 3 is 2.48 bits per heavy atom. The van der Waals surface area contributed by atoms with Gasteiger partial charge in [0.25, 0.3) is 5.56 Å².